The Hall–Kier alpha value is -1.93. The Morgan fingerprint density at radius 2 is 2.12 bits per heavy atom. The quantitative estimate of drug-likeness (QED) is 0.802. The molecule has 1 aliphatic heterocycles. The molecule has 7 nitrogen and oxygen atoms in total. The molecule has 8 heteroatoms. The first-order chi connectivity index (χ1) is 11.3. The van der Waals surface area contributed by atoms with Crippen LogP contribution in [0.3, 0.4) is 0 Å². The van der Waals surface area contributed by atoms with Gasteiger partial charge < -0.3 is 10.4 Å². The van der Waals surface area contributed by atoms with E-state index < -0.39 is 21.9 Å². The van der Waals surface area contributed by atoms with Crippen molar-refractivity contribution in [1.82, 2.24) is 4.31 Å². The maximum atomic E-state index is 12.4. The molecule has 132 valence electrons. The summed E-state index contributed by atoms with van der Waals surface area (Å²) in [4.78, 5) is 23.2. The zero-order valence-electron chi connectivity index (χ0n) is 13.6. The lowest BCUT2D eigenvalue weighted by molar-refractivity contribution is -0.136. The number of nitrogens with one attached hydrogen (secondary N) is 1. The lowest BCUT2D eigenvalue weighted by Crippen LogP contribution is -2.44. The molecule has 1 heterocycles. The zero-order chi connectivity index (χ0) is 17.7. The summed E-state index contributed by atoms with van der Waals surface area (Å²) in [7, 11) is -3.29. The molecule has 0 saturated carbocycles. The number of rotatable bonds is 6. The molecular weight excluding hydrogens is 332 g/mol. The lowest BCUT2D eigenvalue weighted by Gasteiger charge is -2.30. The molecule has 1 atom stereocenters. The van der Waals surface area contributed by atoms with Gasteiger partial charge in [-0.05, 0) is 37.5 Å². The summed E-state index contributed by atoms with van der Waals surface area (Å²) < 4.78 is 25.3. The fraction of sp³-hybridized carbons (Fsp3) is 0.500. The number of sulfonamides is 1. The van der Waals surface area contributed by atoms with Crippen LogP contribution >= 0.6 is 0 Å². The van der Waals surface area contributed by atoms with Gasteiger partial charge in [0.2, 0.25) is 15.9 Å². The van der Waals surface area contributed by atoms with Crippen LogP contribution in [0.2, 0.25) is 0 Å². The predicted octanol–water partition coefficient (Wildman–Crippen LogP) is 1.31. The fourth-order valence-electron chi connectivity index (χ4n) is 2.77. The normalized spacial score (nSPS) is 19.0. The Balaban J connectivity index is 2.03. The molecule has 1 aromatic rings. The summed E-state index contributed by atoms with van der Waals surface area (Å²) >= 11 is 0. The minimum Gasteiger partial charge on any atom is -0.481 e. The average molecular weight is 354 g/mol. The largest absolute Gasteiger partial charge is 0.481 e. The maximum Gasteiger partial charge on any atom is 0.307 e. The summed E-state index contributed by atoms with van der Waals surface area (Å²) in [6.07, 6.45) is 1.17. The van der Waals surface area contributed by atoms with Crippen molar-refractivity contribution in [3.63, 3.8) is 0 Å². The molecule has 0 aromatic heterocycles. The van der Waals surface area contributed by atoms with Gasteiger partial charge in [0.05, 0.1) is 18.1 Å². The van der Waals surface area contributed by atoms with Crippen LogP contribution in [0.5, 0.6) is 0 Å². The van der Waals surface area contributed by atoms with Gasteiger partial charge in [0.1, 0.15) is 0 Å². The first kappa shape index (κ1) is 18.4. The number of amides is 1. The van der Waals surface area contributed by atoms with Crippen molar-refractivity contribution in [3.8, 4) is 0 Å². The minimum absolute atomic E-state index is 0.0264. The number of aliphatic carboxylic acids is 1. The Kier molecular flexibility index (Phi) is 5.95. The van der Waals surface area contributed by atoms with Crippen molar-refractivity contribution in [2.45, 2.75) is 26.2 Å². The van der Waals surface area contributed by atoms with Crippen LogP contribution in [0, 0.1) is 5.92 Å². The number of carbonyl (C=O) groups is 2. The van der Waals surface area contributed by atoms with Crippen molar-refractivity contribution in [2.75, 3.05) is 24.2 Å². The Morgan fingerprint density at radius 1 is 1.38 bits per heavy atom. The SMILES string of the molecule is CCS(=O)(=O)N1CCCC(C(=O)Nc2cccc(CC(=O)O)c2)C1. The van der Waals surface area contributed by atoms with Crippen LogP contribution in [0.1, 0.15) is 25.3 Å². The van der Waals surface area contributed by atoms with Gasteiger partial charge in [-0.2, -0.15) is 0 Å². The number of benzene rings is 1. The van der Waals surface area contributed by atoms with Gasteiger partial charge in [-0.25, -0.2) is 12.7 Å². The van der Waals surface area contributed by atoms with Crippen LogP contribution in [0.4, 0.5) is 5.69 Å². The molecular formula is C16H22N2O5S. The molecule has 1 saturated heterocycles. The topological polar surface area (TPSA) is 104 Å². The summed E-state index contributed by atoms with van der Waals surface area (Å²) in [5, 5.41) is 11.6. The molecule has 1 fully saturated rings. The third kappa shape index (κ3) is 4.78. The molecule has 2 rings (SSSR count). The van der Waals surface area contributed by atoms with Crippen LogP contribution in [0.15, 0.2) is 24.3 Å². The Morgan fingerprint density at radius 3 is 2.79 bits per heavy atom. The van der Waals surface area contributed by atoms with Crippen molar-refractivity contribution < 1.29 is 23.1 Å². The van der Waals surface area contributed by atoms with Crippen molar-refractivity contribution in [3.05, 3.63) is 29.8 Å². The number of hydrogen-bond acceptors (Lipinski definition) is 4. The van der Waals surface area contributed by atoms with Gasteiger partial charge in [-0.1, -0.05) is 12.1 Å². The number of anilines is 1. The maximum absolute atomic E-state index is 12.4. The average Bonchev–Trinajstić information content (AvgIpc) is 2.54. The Bertz CT molecular complexity index is 717. The van der Waals surface area contributed by atoms with E-state index in [1.54, 1.807) is 31.2 Å². The highest BCUT2D eigenvalue weighted by molar-refractivity contribution is 7.89. The van der Waals surface area contributed by atoms with E-state index >= 15 is 0 Å². The van der Waals surface area contributed by atoms with E-state index in [2.05, 4.69) is 5.32 Å². The van der Waals surface area contributed by atoms with Gasteiger partial charge >= 0.3 is 5.97 Å². The second kappa shape index (κ2) is 7.76. The van der Waals surface area contributed by atoms with Crippen molar-refractivity contribution in [2.24, 2.45) is 5.92 Å². The lowest BCUT2D eigenvalue weighted by atomic mass is 9.98. The number of carboxylic acid groups (broad SMARTS) is 1. The highest BCUT2D eigenvalue weighted by Crippen LogP contribution is 2.21. The van der Waals surface area contributed by atoms with Crippen LogP contribution in [0.25, 0.3) is 0 Å². The molecule has 2 N–H and O–H groups in total. The van der Waals surface area contributed by atoms with Crippen molar-refractivity contribution >= 4 is 27.6 Å². The van der Waals surface area contributed by atoms with E-state index in [4.69, 9.17) is 5.11 Å². The summed E-state index contributed by atoms with van der Waals surface area (Å²) in [5.74, 6) is -1.55. The third-order valence-electron chi connectivity index (χ3n) is 4.06. The molecule has 0 radical (unpaired) electrons. The number of hydrogen-bond donors (Lipinski definition) is 2. The summed E-state index contributed by atoms with van der Waals surface area (Å²) in [6, 6.07) is 6.67. The molecule has 0 spiro atoms. The van der Waals surface area contributed by atoms with E-state index in [0.29, 0.717) is 30.6 Å². The molecule has 1 aromatic carbocycles. The van der Waals surface area contributed by atoms with Crippen molar-refractivity contribution in [1.29, 1.82) is 0 Å². The van der Waals surface area contributed by atoms with Gasteiger partial charge in [-0.3, -0.25) is 9.59 Å². The summed E-state index contributed by atoms with van der Waals surface area (Å²) in [5.41, 5.74) is 1.12. The van der Waals surface area contributed by atoms with E-state index in [9.17, 15) is 18.0 Å². The molecule has 1 unspecified atom stereocenters. The van der Waals surface area contributed by atoms with Gasteiger partial charge in [0.25, 0.3) is 0 Å². The molecule has 0 bridgehead atoms. The van der Waals surface area contributed by atoms with Crippen LogP contribution in [-0.4, -0.2) is 48.5 Å². The number of carbonyl (C=O) groups excluding carboxylic acids is 1. The molecule has 1 aliphatic rings. The zero-order valence-corrected chi connectivity index (χ0v) is 14.4. The predicted molar refractivity (Wildman–Crippen MR) is 90.2 cm³/mol. The molecule has 24 heavy (non-hydrogen) atoms. The second-order valence-electron chi connectivity index (χ2n) is 5.86. The smallest absolute Gasteiger partial charge is 0.307 e. The van der Waals surface area contributed by atoms with Gasteiger partial charge in [-0.15, -0.1) is 0 Å². The van der Waals surface area contributed by atoms with Gasteiger partial charge in [0, 0.05) is 18.8 Å². The van der Waals surface area contributed by atoms with E-state index in [0.717, 1.165) is 0 Å². The summed E-state index contributed by atoms with van der Waals surface area (Å²) in [6.45, 7) is 2.23. The van der Waals surface area contributed by atoms with E-state index in [1.807, 2.05) is 0 Å². The van der Waals surface area contributed by atoms with E-state index in [1.165, 1.54) is 4.31 Å². The van der Waals surface area contributed by atoms with Crippen LogP contribution < -0.4 is 5.32 Å². The molecule has 0 aliphatic carbocycles. The number of piperidine rings is 1. The number of carboxylic acids is 1. The third-order valence-corrected chi connectivity index (χ3v) is 5.91. The Labute approximate surface area is 141 Å². The van der Waals surface area contributed by atoms with E-state index in [-0.39, 0.29) is 24.6 Å². The monoisotopic (exact) mass is 354 g/mol. The highest BCUT2D eigenvalue weighted by atomic mass is 32.2. The highest BCUT2D eigenvalue weighted by Gasteiger charge is 2.31. The second-order valence-corrected chi connectivity index (χ2v) is 8.12. The standard InChI is InChI=1S/C16H22N2O5S/c1-2-24(22,23)18-8-4-6-13(11-18)16(21)17-14-7-3-5-12(9-14)10-15(19)20/h3,5,7,9,13H,2,4,6,8,10-11H2,1H3,(H,17,21)(H,19,20). The fourth-order valence-corrected chi connectivity index (χ4v) is 3.95. The first-order valence-electron chi connectivity index (χ1n) is 7.91. The van der Waals surface area contributed by atoms with Gasteiger partial charge in [0.15, 0.2) is 0 Å². The first-order valence-corrected chi connectivity index (χ1v) is 9.52. The molecule has 1 amide bonds. The van der Waals surface area contributed by atoms with Crippen LogP contribution in [-0.2, 0) is 26.0 Å². The number of nitrogens with zero attached hydrogens (tertiary/aromatic N) is 1. The minimum atomic E-state index is -3.29.